The summed E-state index contributed by atoms with van der Waals surface area (Å²) >= 11 is 0. The van der Waals surface area contributed by atoms with Crippen LogP contribution in [0.1, 0.15) is 17.0 Å². The molecule has 2 nitrogen and oxygen atoms in total. The van der Waals surface area contributed by atoms with Crippen LogP contribution in [0, 0.1) is 6.92 Å². The van der Waals surface area contributed by atoms with Crippen LogP contribution in [0.3, 0.4) is 0 Å². The van der Waals surface area contributed by atoms with Gasteiger partial charge in [-0.15, -0.1) is 0 Å². The predicted molar refractivity (Wildman–Crippen MR) is 48.5 cm³/mol. The molecule has 76 valence electrons. The number of hydrogen-bond acceptors (Lipinski definition) is 2. The molecule has 0 amide bonds. The molecule has 1 rings (SSSR count). The highest BCUT2D eigenvalue weighted by molar-refractivity contribution is 5.63. The van der Waals surface area contributed by atoms with Gasteiger partial charge in [-0.25, -0.2) is 4.98 Å². The maximum atomic E-state index is 12.3. The molecule has 0 unspecified atom stereocenters. The van der Waals surface area contributed by atoms with Crippen molar-refractivity contribution in [3.05, 3.63) is 29.6 Å². The molecular weight excluding hydrogens is 193 g/mol. The lowest BCUT2D eigenvalue weighted by Gasteiger charge is -2.10. The summed E-state index contributed by atoms with van der Waals surface area (Å²) in [6.07, 6.45) is -3.24. The Bertz CT molecular complexity index is 369. The number of aromatic nitrogens is 1. The number of alkyl halides is 3. The third-order valence-corrected chi connectivity index (χ3v) is 1.78. The van der Waals surface area contributed by atoms with Crippen LogP contribution in [-0.2, 0) is 6.18 Å². The molecule has 5 heteroatoms. The van der Waals surface area contributed by atoms with E-state index < -0.39 is 11.9 Å². The van der Waals surface area contributed by atoms with Crippen molar-refractivity contribution < 1.29 is 13.2 Å². The summed E-state index contributed by atoms with van der Waals surface area (Å²) in [4.78, 5) is 3.35. The lowest BCUT2D eigenvalue weighted by molar-refractivity contribution is -0.141. The molecular formula is C9H9F3N2. The van der Waals surface area contributed by atoms with Crippen molar-refractivity contribution in [3.63, 3.8) is 0 Å². The van der Waals surface area contributed by atoms with Crippen molar-refractivity contribution in [2.45, 2.75) is 13.1 Å². The summed E-state index contributed by atoms with van der Waals surface area (Å²) in [7, 11) is 0. The molecule has 1 aromatic heterocycles. The third-order valence-electron chi connectivity index (χ3n) is 1.78. The molecule has 2 N–H and O–H groups in total. The van der Waals surface area contributed by atoms with Crippen molar-refractivity contribution in [1.29, 1.82) is 0 Å². The summed E-state index contributed by atoms with van der Waals surface area (Å²) in [5.41, 5.74) is 5.20. The van der Waals surface area contributed by atoms with Crippen LogP contribution in [0.4, 0.5) is 18.9 Å². The first-order valence-electron chi connectivity index (χ1n) is 3.83. The van der Waals surface area contributed by atoms with Gasteiger partial charge in [-0.2, -0.15) is 13.2 Å². The summed E-state index contributed by atoms with van der Waals surface area (Å²) in [5.74, 6) is 0. The van der Waals surface area contributed by atoms with Crippen molar-refractivity contribution >= 4 is 11.8 Å². The zero-order chi connectivity index (χ0) is 10.9. The van der Waals surface area contributed by atoms with Gasteiger partial charge in [0, 0.05) is 0 Å². The smallest absolute Gasteiger partial charge is 0.397 e. The number of hydrogen-bond donors (Lipinski definition) is 1. The Morgan fingerprint density at radius 1 is 1.50 bits per heavy atom. The number of anilines is 1. The molecule has 1 heterocycles. The standard InChI is InChI=1S/C9H9F3N2/c1-3-6-8(13)5(2)4-7(14-6)9(10,11)12/h3-4H,1,13H2,2H3. The van der Waals surface area contributed by atoms with Crippen LogP contribution in [-0.4, -0.2) is 4.98 Å². The van der Waals surface area contributed by atoms with Gasteiger partial charge in [0.2, 0.25) is 0 Å². The topological polar surface area (TPSA) is 38.9 Å². The van der Waals surface area contributed by atoms with Crippen LogP contribution in [0.15, 0.2) is 12.6 Å². The first-order valence-corrected chi connectivity index (χ1v) is 3.83. The monoisotopic (exact) mass is 202 g/mol. The fourth-order valence-corrected chi connectivity index (χ4v) is 1.01. The largest absolute Gasteiger partial charge is 0.433 e. The first kappa shape index (κ1) is 10.6. The number of nitrogens with two attached hydrogens (primary N) is 1. The van der Waals surface area contributed by atoms with Crippen LogP contribution >= 0.6 is 0 Å². The molecule has 0 aliphatic rings. The average Bonchev–Trinajstić information content (AvgIpc) is 2.07. The van der Waals surface area contributed by atoms with E-state index in [-0.39, 0.29) is 11.4 Å². The van der Waals surface area contributed by atoms with Crippen LogP contribution in [0.2, 0.25) is 0 Å². The Balaban J connectivity index is 3.37. The van der Waals surface area contributed by atoms with E-state index in [0.717, 1.165) is 6.07 Å². The third kappa shape index (κ3) is 1.86. The fourth-order valence-electron chi connectivity index (χ4n) is 1.01. The lowest BCUT2D eigenvalue weighted by atomic mass is 10.1. The highest BCUT2D eigenvalue weighted by Gasteiger charge is 2.33. The Morgan fingerprint density at radius 2 is 2.07 bits per heavy atom. The molecule has 0 atom stereocenters. The van der Waals surface area contributed by atoms with Gasteiger partial charge in [0.25, 0.3) is 0 Å². The molecule has 0 spiro atoms. The second-order valence-electron chi connectivity index (χ2n) is 2.83. The zero-order valence-electron chi connectivity index (χ0n) is 7.52. The maximum absolute atomic E-state index is 12.3. The molecule has 1 aromatic rings. The highest BCUT2D eigenvalue weighted by Crippen LogP contribution is 2.30. The quantitative estimate of drug-likeness (QED) is 0.760. The van der Waals surface area contributed by atoms with Gasteiger partial charge in [0.15, 0.2) is 0 Å². The molecule has 0 aliphatic carbocycles. The summed E-state index contributed by atoms with van der Waals surface area (Å²) in [6.45, 7) is 4.85. The number of pyridine rings is 1. The summed E-state index contributed by atoms with van der Waals surface area (Å²) in [5, 5.41) is 0. The van der Waals surface area contributed by atoms with E-state index in [0.29, 0.717) is 5.56 Å². The highest BCUT2D eigenvalue weighted by atomic mass is 19.4. The molecule has 14 heavy (non-hydrogen) atoms. The van der Waals surface area contributed by atoms with Crippen molar-refractivity contribution in [2.24, 2.45) is 0 Å². The van der Waals surface area contributed by atoms with Crippen LogP contribution in [0.25, 0.3) is 6.08 Å². The van der Waals surface area contributed by atoms with Crippen LogP contribution < -0.4 is 5.73 Å². The van der Waals surface area contributed by atoms with Crippen molar-refractivity contribution in [3.8, 4) is 0 Å². The van der Waals surface area contributed by atoms with Gasteiger partial charge in [-0.3, -0.25) is 0 Å². The van der Waals surface area contributed by atoms with Gasteiger partial charge in [0.1, 0.15) is 5.69 Å². The molecule has 0 saturated carbocycles. The molecule has 0 aliphatic heterocycles. The maximum Gasteiger partial charge on any atom is 0.433 e. The van der Waals surface area contributed by atoms with Crippen molar-refractivity contribution in [1.82, 2.24) is 4.98 Å². The number of rotatable bonds is 1. The minimum Gasteiger partial charge on any atom is -0.397 e. The second kappa shape index (κ2) is 3.32. The summed E-state index contributed by atoms with van der Waals surface area (Å²) < 4.78 is 36.8. The van der Waals surface area contributed by atoms with Gasteiger partial charge in [-0.05, 0) is 24.6 Å². The average molecular weight is 202 g/mol. The van der Waals surface area contributed by atoms with Crippen molar-refractivity contribution in [2.75, 3.05) is 5.73 Å². The predicted octanol–water partition coefficient (Wildman–Crippen LogP) is 2.63. The minimum atomic E-state index is -4.45. The Labute approximate surface area is 79.3 Å². The van der Waals surface area contributed by atoms with E-state index in [1.54, 1.807) is 0 Å². The number of halogens is 3. The van der Waals surface area contributed by atoms with Gasteiger partial charge in [-0.1, -0.05) is 6.58 Å². The SMILES string of the molecule is C=Cc1nc(C(F)(F)F)cc(C)c1N. The summed E-state index contributed by atoms with van der Waals surface area (Å²) in [6, 6.07) is 0.919. The van der Waals surface area contributed by atoms with Crippen LogP contribution in [0.5, 0.6) is 0 Å². The Kier molecular flexibility index (Phi) is 2.51. The Morgan fingerprint density at radius 3 is 2.50 bits per heavy atom. The van der Waals surface area contributed by atoms with Gasteiger partial charge < -0.3 is 5.73 Å². The number of nitrogens with zero attached hydrogens (tertiary/aromatic N) is 1. The van der Waals surface area contributed by atoms with Gasteiger partial charge in [0.05, 0.1) is 11.4 Å². The molecule has 0 aromatic carbocycles. The van der Waals surface area contributed by atoms with E-state index in [9.17, 15) is 13.2 Å². The first-order chi connectivity index (χ1) is 6.36. The number of nitrogen functional groups attached to an aromatic ring is 1. The minimum absolute atomic E-state index is 0.0670. The number of aryl methyl sites for hydroxylation is 1. The Hall–Kier alpha value is -1.52. The molecule has 0 bridgehead atoms. The fraction of sp³-hybridized carbons (Fsp3) is 0.222. The lowest BCUT2D eigenvalue weighted by Crippen LogP contribution is -2.10. The second-order valence-corrected chi connectivity index (χ2v) is 2.83. The molecule has 0 fully saturated rings. The van der Waals surface area contributed by atoms with E-state index >= 15 is 0 Å². The van der Waals surface area contributed by atoms with E-state index in [2.05, 4.69) is 11.6 Å². The molecule has 0 radical (unpaired) electrons. The van der Waals surface area contributed by atoms with Gasteiger partial charge >= 0.3 is 6.18 Å². The zero-order valence-corrected chi connectivity index (χ0v) is 7.52. The van der Waals surface area contributed by atoms with E-state index in [4.69, 9.17) is 5.73 Å². The van der Waals surface area contributed by atoms with E-state index in [1.165, 1.54) is 13.0 Å². The normalized spacial score (nSPS) is 11.4. The molecule has 0 saturated heterocycles. The van der Waals surface area contributed by atoms with E-state index in [1.807, 2.05) is 0 Å².